The summed E-state index contributed by atoms with van der Waals surface area (Å²) in [5.74, 6) is -0.142. The van der Waals surface area contributed by atoms with Gasteiger partial charge in [0.15, 0.2) is 0 Å². The Bertz CT molecular complexity index is 1210. The van der Waals surface area contributed by atoms with Gasteiger partial charge in [-0.3, -0.25) is 9.69 Å². The Kier molecular flexibility index (Phi) is 5.57. The van der Waals surface area contributed by atoms with Crippen LogP contribution in [-0.4, -0.2) is 20.1 Å². The minimum Gasteiger partial charge on any atom is -0.295 e. The van der Waals surface area contributed by atoms with Gasteiger partial charge in [-0.1, -0.05) is 30.3 Å². The van der Waals surface area contributed by atoms with Crippen molar-refractivity contribution in [3.8, 4) is 0 Å². The van der Waals surface area contributed by atoms with E-state index in [4.69, 9.17) is 0 Å². The van der Waals surface area contributed by atoms with Crippen molar-refractivity contribution in [2.45, 2.75) is 21.3 Å². The first-order chi connectivity index (χ1) is 14.7. The minimum atomic E-state index is -4.48. The summed E-state index contributed by atoms with van der Waals surface area (Å²) in [7, 11) is -3.71. The molecule has 1 aliphatic heterocycles. The summed E-state index contributed by atoms with van der Waals surface area (Å²) >= 11 is 1.22. The van der Waals surface area contributed by atoms with Gasteiger partial charge >= 0.3 is 6.18 Å². The number of nitrogens with zero attached hydrogens (tertiary/aromatic N) is 1. The quantitative estimate of drug-likeness (QED) is 0.526. The van der Waals surface area contributed by atoms with E-state index in [1.165, 1.54) is 59.1 Å². The molecule has 0 spiro atoms. The molecule has 1 amide bonds. The van der Waals surface area contributed by atoms with Crippen LogP contribution in [0.25, 0.3) is 0 Å². The Morgan fingerprint density at radius 2 is 1.52 bits per heavy atom. The lowest BCUT2D eigenvalue weighted by Crippen LogP contribution is -2.28. The zero-order valence-electron chi connectivity index (χ0n) is 15.9. The summed E-state index contributed by atoms with van der Waals surface area (Å²) in [5.41, 5.74) is -0.00900. The van der Waals surface area contributed by atoms with Crippen LogP contribution >= 0.6 is 11.8 Å². The number of halogens is 3. The van der Waals surface area contributed by atoms with Gasteiger partial charge in [0, 0.05) is 5.69 Å². The Balaban J connectivity index is 1.66. The van der Waals surface area contributed by atoms with E-state index in [0.717, 1.165) is 12.1 Å². The normalized spacial score (nSPS) is 17.2. The van der Waals surface area contributed by atoms with Crippen molar-refractivity contribution in [2.75, 3.05) is 10.7 Å². The summed E-state index contributed by atoms with van der Waals surface area (Å²) in [4.78, 5) is 14.1. The predicted octanol–water partition coefficient (Wildman–Crippen LogP) is 5.32. The zero-order valence-corrected chi connectivity index (χ0v) is 17.5. The minimum absolute atomic E-state index is 0.0670. The number of anilines is 1. The molecule has 1 saturated heterocycles. The second-order valence-corrected chi connectivity index (χ2v) is 9.88. The molecule has 0 aromatic heterocycles. The lowest BCUT2D eigenvalue weighted by molar-refractivity contribution is -0.137. The van der Waals surface area contributed by atoms with Crippen molar-refractivity contribution < 1.29 is 26.4 Å². The summed E-state index contributed by atoms with van der Waals surface area (Å²) in [6.45, 7) is 0. The molecule has 1 atom stereocenters. The largest absolute Gasteiger partial charge is 0.416 e. The third-order valence-electron chi connectivity index (χ3n) is 4.85. The van der Waals surface area contributed by atoms with Crippen LogP contribution in [0.3, 0.4) is 0 Å². The summed E-state index contributed by atoms with van der Waals surface area (Å²) in [6, 6.07) is 18.6. The average Bonchev–Trinajstić information content (AvgIpc) is 3.15. The van der Waals surface area contributed by atoms with Crippen molar-refractivity contribution in [1.29, 1.82) is 0 Å². The number of benzene rings is 3. The van der Waals surface area contributed by atoms with Crippen LogP contribution in [0, 0.1) is 0 Å². The van der Waals surface area contributed by atoms with E-state index in [9.17, 15) is 26.4 Å². The number of amides is 1. The SMILES string of the molecule is O=C1CSC(c2cccc(C(F)(F)F)c2)N1c1ccc(S(=O)(=O)c2ccccc2)cc1. The van der Waals surface area contributed by atoms with Gasteiger partial charge in [-0.25, -0.2) is 8.42 Å². The van der Waals surface area contributed by atoms with Crippen LogP contribution in [0.2, 0.25) is 0 Å². The average molecular weight is 464 g/mol. The molecule has 4 rings (SSSR count). The number of hydrogen-bond donors (Lipinski definition) is 0. The van der Waals surface area contributed by atoms with Crippen LogP contribution in [0.5, 0.6) is 0 Å². The Labute approximate surface area is 181 Å². The number of thioether (sulfide) groups is 1. The predicted molar refractivity (Wildman–Crippen MR) is 112 cm³/mol. The van der Waals surface area contributed by atoms with Crippen molar-refractivity contribution in [3.05, 3.63) is 90.0 Å². The molecule has 4 nitrogen and oxygen atoms in total. The summed E-state index contributed by atoms with van der Waals surface area (Å²) < 4.78 is 64.8. The molecule has 9 heteroatoms. The van der Waals surface area contributed by atoms with E-state index in [0.29, 0.717) is 11.3 Å². The summed E-state index contributed by atoms with van der Waals surface area (Å²) in [5, 5.41) is -0.633. The number of alkyl halides is 3. The third-order valence-corrected chi connectivity index (χ3v) is 7.84. The van der Waals surface area contributed by atoms with E-state index >= 15 is 0 Å². The van der Waals surface area contributed by atoms with Gasteiger partial charge in [-0.15, -0.1) is 11.8 Å². The third kappa shape index (κ3) is 4.20. The maximum absolute atomic E-state index is 13.1. The molecule has 3 aromatic carbocycles. The van der Waals surface area contributed by atoms with Crippen molar-refractivity contribution in [1.82, 2.24) is 0 Å². The van der Waals surface area contributed by atoms with E-state index in [1.807, 2.05) is 0 Å². The lowest BCUT2D eigenvalue weighted by Gasteiger charge is -2.25. The molecule has 0 aliphatic carbocycles. The smallest absolute Gasteiger partial charge is 0.295 e. The van der Waals surface area contributed by atoms with Crippen LogP contribution in [0.1, 0.15) is 16.5 Å². The van der Waals surface area contributed by atoms with Gasteiger partial charge in [0.25, 0.3) is 0 Å². The maximum atomic E-state index is 13.1. The first-order valence-corrected chi connectivity index (χ1v) is 11.7. The fourth-order valence-corrected chi connectivity index (χ4v) is 5.79. The zero-order chi connectivity index (χ0) is 22.2. The molecule has 3 aromatic rings. The van der Waals surface area contributed by atoms with Crippen molar-refractivity contribution in [2.24, 2.45) is 0 Å². The highest BCUT2D eigenvalue weighted by molar-refractivity contribution is 8.00. The molecular weight excluding hydrogens is 447 g/mol. The molecule has 0 N–H and O–H groups in total. The van der Waals surface area contributed by atoms with Crippen LogP contribution < -0.4 is 4.90 Å². The maximum Gasteiger partial charge on any atom is 0.416 e. The van der Waals surface area contributed by atoms with Crippen molar-refractivity contribution >= 4 is 33.2 Å². The molecule has 0 radical (unpaired) electrons. The highest BCUT2D eigenvalue weighted by atomic mass is 32.2. The molecule has 1 aliphatic rings. The van der Waals surface area contributed by atoms with Crippen LogP contribution in [0.15, 0.2) is 88.7 Å². The van der Waals surface area contributed by atoms with Gasteiger partial charge in [0.1, 0.15) is 5.37 Å². The van der Waals surface area contributed by atoms with E-state index < -0.39 is 27.0 Å². The fraction of sp³-hybridized carbons (Fsp3) is 0.136. The van der Waals surface area contributed by atoms with Gasteiger partial charge in [0.05, 0.1) is 21.1 Å². The number of hydrogen-bond acceptors (Lipinski definition) is 4. The van der Waals surface area contributed by atoms with Crippen molar-refractivity contribution in [3.63, 3.8) is 0 Å². The standard InChI is InChI=1S/C22H16F3NO3S2/c23-22(24,25)16-6-4-5-15(13-16)21-26(20(27)14-30-21)17-9-11-19(12-10-17)31(28,29)18-7-2-1-3-8-18/h1-13,21H,14H2. The Morgan fingerprint density at radius 1 is 0.871 bits per heavy atom. The number of carbonyl (C=O) groups excluding carboxylic acids is 1. The van der Waals surface area contributed by atoms with Crippen LogP contribution in [-0.2, 0) is 20.8 Å². The molecule has 160 valence electrons. The molecule has 1 unspecified atom stereocenters. The Hall–Kier alpha value is -2.78. The number of sulfone groups is 1. The molecule has 0 bridgehead atoms. The molecule has 1 fully saturated rings. The van der Waals surface area contributed by atoms with Gasteiger partial charge in [-0.2, -0.15) is 13.2 Å². The number of carbonyl (C=O) groups is 1. The molecule has 31 heavy (non-hydrogen) atoms. The van der Waals surface area contributed by atoms with E-state index in [-0.39, 0.29) is 21.5 Å². The lowest BCUT2D eigenvalue weighted by atomic mass is 10.1. The van der Waals surface area contributed by atoms with E-state index in [2.05, 4.69) is 0 Å². The first-order valence-electron chi connectivity index (χ1n) is 9.19. The second-order valence-electron chi connectivity index (χ2n) is 6.86. The van der Waals surface area contributed by atoms with E-state index in [1.54, 1.807) is 24.3 Å². The Morgan fingerprint density at radius 3 is 2.16 bits per heavy atom. The molecule has 0 saturated carbocycles. The van der Waals surface area contributed by atoms with Gasteiger partial charge < -0.3 is 0 Å². The van der Waals surface area contributed by atoms with Gasteiger partial charge in [-0.05, 0) is 54.1 Å². The molecule has 1 heterocycles. The highest BCUT2D eigenvalue weighted by Gasteiger charge is 2.36. The number of rotatable bonds is 4. The topological polar surface area (TPSA) is 54.5 Å². The highest BCUT2D eigenvalue weighted by Crippen LogP contribution is 2.43. The fourth-order valence-electron chi connectivity index (χ4n) is 3.34. The second kappa shape index (κ2) is 8.05. The van der Waals surface area contributed by atoms with Gasteiger partial charge in [0.2, 0.25) is 15.7 Å². The van der Waals surface area contributed by atoms with Crippen LogP contribution in [0.4, 0.5) is 18.9 Å². The molecular formula is C22H16F3NO3S2. The summed E-state index contributed by atoms with van der Waals surface area (Å²) in [6.07, 6.45) is -4.48. The first kappa shape index (κ1) is 21.5. The monoisotopic (exact) mass is 463 g/mol.